The summed E-state index contributed by atoms with van der Waals surface area (Å²) in [6.07, 6.45) is 1.78. The Balaban J connectivity index is 2.04. The molecule has 2 N–H and O–H groups in total. The van der Waals surface area contributed by atoms with Crippen molar-refractivity contribution in [2.24, 2.45) is 5.73 Å². The second-order valence-electron chi connectivity index (χ2n) is 4.11. The first-order chi connectivity index (χ1) is 9.27. The molecular formula is C14H12BrN3S. The standard InChI is InChI=1S/C14H12BrN3S/c15-11-7-9-19-14(11)13(16)12-6-8-17-18(12)10-4-2-1-3-5-10/h1-9,13H,16H2. The summed E-state index contributed by atoms with van der Waals surface area (Å²) in [4.78, 5) is 1.11. The van der Waals surface area contributed by atoms with Gasteiger partial charge in [-0.3, -0.25) is 0 Å². The van der Waals surface area contributed by atoms with Gasteiger partial charge in [-0.25, -0.2) is 4.68 Å². The van der Waals surface area contributed by atoms with Crippen molar-refractivity contribution in [3.8, 4) is 5.69 Å². The van der Waals surface area contributed by atoms with E-state index >= 15 is 0 Å². The van der Waals surface area contributed by atoms with Crippen LogP contribution in [0.25, 0.3) is 5.69 Å². The van der Waals surface area contributed by atoms with E-state index in [9.17, 15) is 0 Å². The zero-order valence-electron chi connectivity index (χ0n) is 10.0. The Bertz CT molecular complexity index is 675. The number of nitrogens with two attached hydrogens (primary N) is 1. The molecule has 0 aliphatic heterocycles. The highest BCUT2D eigenvalue weighted by atomic mass is 79.9. The predicted octanol–water partition coefficient (Wildman–Crippen LogP) is 3.74. The molecule has 0 aliphatic rings. The Labute approximate surface area is 123 Å². The topological polar surface area (TPSA) is 43.8 Å². The van der Waals surface area contributed by atoms with E-state index < -0.39 is 0 Å². The van der Waals surface area contributed by atoms with E-state index in [1.165, 1.54) is 0 Å². The van der Waals surface area contributed by atoms with Crippen molar-refractivity contribution in [1.29, 1.82) is 0 Å². The average molecular weight is 334 g/mol. The molecule has 0 bridgehead atoms. The Kier molecular flexibility index (Phi) is 3.50. The molecule has 0 aliphatic carbocycles. The molecule has 0 saturated heterocycles. The molecule has 3 rings (SSSR count). The number of halogens is 1. The minimum Gasteiger partial charge on any atom is -0.318 e. The van der Waals surface area contributed by atoms with Crippen LogP contribution in [0.15, 0.2) is 58.5 Å². The fourth-order valence-electron chi connectivity index (χ4n) is 2.00. The van der Waals surface area contributed by atoms with Gasteiger partial charge in [-0.2, -0.15) is 5.10 Å². The number of rotatable bonds is 3. The van der Waals surface area contributed by atoms with Gasteiger partial charge in [0.2, 0.25) is 0 Å². The van der Waals surface area contributed by atoms with E-state index in [1.807, 2.05) is 52.5 Å². The number of para-hydroxylation sites is 1. The van der Waals surface area contributed by atoms with Gasteiger partial charge in [0.25, 0.3) is 0 Å². The van der Waals surface area contributed by atoms with Crippen LogP contribution in [0.4, 0.5) is 0 Å². The van der Waals surface area contributed by atoms with Gasteiger partial charge < -0.3 is 5.73 Å². The van der Waals surface area contributed by atoms with Crippen LogP contribution in [-0.4, -0.2) is 9.78 Å². The molecule has 19 heavy (non-hydrogen) atoms. The van der Waals surface area contributed by atoms with E-state index in [0.29, 0.717) is 0 Å². The zero-order chi connectivity index (χ0) is 13.2. The van der Waals surface area contributed by atoms with Gasteiger partial charge >= 0.3 is 0 Å². The van der Waals surface area contributed by atoms with Crippen LogP contribution in [0, 0.1) is 0 Å². The van der Waals surface area contributed by atoms with Crippen LogP contribution in [0.3, 0.4) is 0 Å². The lowest BCUT2D eigenvalue weighted by Crippen LogP contribution is -2.16. The molecule has 5 heteroatoms. The lowest BCUT2D eigenvalue weighted by Gasteiger charge is -2.13. The maximum atomic E-state index is 6.36. The summed E-state index contributed by atoms with van der Waals surface area (Å²) >= 11 is 5.18. The second-order valence-corrected chi connectivity index (χ2v) is 5.92. The summed E-state index contributed by atoms with van der Waals surface area (Å²) in [6.45, 7) is 0. The molecular weight excluding hydrogens is 322 g/mol. The first-order valence-corrected chi connectivity index (χ1v) is 7.52. The van der Waals surface area contributed by atoms with Crippen molar-refractivity contribution in [2.45, 2.75) is 6.04 Å². The van der Waals surface area contributed by atoms with Gasteiger partial charge in [0, 0.05) is 15.5 Å². The number of benzene rings is 1. The number of thiophene rings is 1. The van der Waals surface area contributed by atoms with Crippen molar-refractivity contribution in [3.05, 3.63) is 69.1 Å². The first kappa shape index (κ1) is 12.6. The summed E-state index contributed by atoms with van der Waals surface area (Å²) in [7, 11) is 0. The van der Waals surface area contributed by atoms with Crippen molar-refractivity contribution in [2.75, 3.05) is 0 Å². The average Bonchev–Trinajstić information content (AvgIpc) is 3.07. The Hall–Kier alpha value is -1.43. The molecule has 0 spiro atoms. The summed E-state index contributed by atoms with van der Waals surface area (Å²) in [5.74, 6) is 0. The molecule has 0 radical (unpaired) electrons. The minimum absolute atomic E-state index is 0.183. The molecule has 1 atom stereocenters. The monoisotopic (exact) mass is 333 g/mol. The second kappa shape index (κ2) is 5.28. The number of hydrogen-bond donors (Lipinski definition) is 1. The molecule has 0 amide bonds. The Morgan fingerprint density at radius 2 is 1.95 bits per heavy atom. The molecule has 3 aromatic rings. The van der Waals surface area contributed by atoms with Crippen LogP contribution >= 0.6 is 27.3 Å². The van der Waals surface area contributed by atoms with Gasteiger partial charge in [0.1, 0.15) is 0 Å². The third-order valence-corrected chi connectivity index (χ3v) is 4.87. The first-order valence-electron chi connectivity index (χ1n) is 5.85. The highest BCUT2D eigenvalue weighted by molar-refractivity contribution is 9.10. The molecule has 1 unspecified atom stereocenters. The fraction of sp³-hybridized carbons (Fsp3) is 0.0714. The highest BCUT2D eigenvalue weighted by Gasteiger charge is 2.18. The van der Waals surface area contributed by atoms with Crippen molar-refractivity contribution >= 4 is 27.3 Å². The SMILES string of the molecule is NC(c1sccc1Br)c1ccnn1-c1ccccc1. The quantitative estimate of drug-likeness (QED) is 0.793. The maximum absolute atomic E-state index is 6.36. The van der Waals surface area contributed by atoms with Crippen LogP contribution in [0.5, 0.6) is 0 Å². The van der Waals surface area contributed by atoms with E-state index in [-0.39, 0.29) is 6.04 Å². The third-order valence-electron chi connectivity index (χ3n) is 2.92. The van der Waals surface area contributed by atoms with Gasteiger partial charge in [-0.1, -0.05) is 18.2 Å². The molecule has 2 heterocycles. The number of nitrogens with zero attached hydrogens (tertiary/aromatic N) is 2. The van der Waals surface area contributed by atoms with Gasteiger partial charge in [0.05, 0.1) is 17.4 Å². The van der Waals surface area contributed by atoms with Crippen molar-refractivity contribution < 1.29 is 0 Å². The minimum atomic E-state index is -0.183. The molecule has 0 saturated carbocycles. The Morgan fingerprint density at radius 3 is 2.63 bits per heavy atom. The zero-order valence-corrected chi connectivity index (χ0v) is 12.4. The predicted molar refractivity (Wildman–Crippen MR) is 81.6 cm³/mol. The lowest BCUT2D eigenvalue weighted by atomic mass is 10.2. The Morgan fingerprint density at radius 1 is 1.16 bits per heavy atom. The molecule has 3 nitrogen and oxygen atoms in total. The van der Waals surface area contributed by atoms with Gasteiger partial charge in [-0.15, -0.1) is 11.3 Å². The number of hydrogen-bond acceptors (Lipinski definition) is 3. The van der Waals surface area contributed by atoms with Crippen molar-refractivity contribution in [3.63, 3.8) is 0 Å². The van der Waals surface area contributed by atoms with Gasteiger partial charge in [0.15, 0.2) is 0 Å². The van der Waals surface area contributed by atoms with Crippen LogP contribution in [0.2, 0.25) is 0 Å². The van der Waals surface area contributed by atoms with Crippen LogP contribution in [0.1, 0.15) is 16.6 Å². The highest BCUT2D eigenvalue weighted by Crippen LogP contribution is 2.32. The smallest absolute Gasteiger partial charge is 0.0832 e. The van der Waals surface area contributed by atoms with Crippen LogP contribution in [-0.2, 0) is 0 Å². The van der Waals surface area contributed by atoms with E-state index in [1.54, 1.807) is 17.5 Å². The van der Waals surface area contributed by atoms with Gasteiger partial charge in [-0.05, 0) is 45.6 Å². The lowest BCUT2D eigenvalue weighted by molar-refractivity contribution is 0.746. The largest absolute Gasteiger partial charge is 0.318 e. The number of aromatic nitrogens is 2. The van der Waals surface area contributed by atoms with E-state index in [2.05, 4.69) is 21.0 Å². The van der Waals surface area contributed by atoms with Crippen LogP contribution < -0.4 is 5.73 Å². The molecule has 0 fully saturated rings. The maximum Gasteiger partial charge on any atom is 0.0832 e. The van der Waals surface area contributed by atoms with Crippen molar-refractivity contribution in [1.82, 2.24) is 9.78 Å². The molecule has 96 valence electrons. The summed E-state index contributed by atoms with van der Waals surface area (Å²) in [6, 6.07) is 13.8. The molecule has 2 aromatic heterocycles. The molecule has 1 aromatic carbocycles. The summed E-state index contributed by atoms with van der Waals surface area (Å²) < 4.78 is 2.93. The van der Waals surface area contributed by atoms with E-state index in [4.69, 9.17) is 5.73 Å². The van der Waals surface area contributed by atoms with E-state index in [0.717, 1.165) is 20.7 Å². The normalized spacial score (nSPS) is 12.5. The fourth-order valence-corrected chi connectivity index (χ4v) is 3.63. The third kappa shape index (κ3) is 2.36. The summed E-state index contributed by atoms with van der Waals surface area (Å²) in [5, 5.41) is 6.40. The summed E-state index contributed by atoms with van der Waals surface area (Å²) in [5.41, 5.74) is 8.36.